The fraction of sp³-hybridized carbons (Fsp3) is 0.387. The van der Waals surface area contributed by atoms with Gasteiger partial charge in [-0.1, -0.05) is 67.4 Å². The Hall–Kier alpha value is -2.88. The maximum atomic E-state index is 11.8. The van der Waals surface area contributed by atoms with Crippen LogP contribution in [0, 0.1) is 0 Å². The number of nitrogens with zero attached hydrogens (tertiary/aromatic N) is 3. The van der Waals surface area contributed by atoms with Gasteiger partial charge in [0.25, 0.3) is 0 Å². The molecule has 248 valence electrons. The van der Waals surface area contributed by atoms with Crippen molar-refractivity contribution in [3.63, 3.8) is 0 Å². The minimum atomic E-state index is -10.7. The molecule has 5 rings (SSSR count). The molecule has 1 aliphatic heterocycles. The number of hydrogen-bond donors (Lipinski definition) is 1. The maximum Gasteiger partial charge on any atom is 4.00 e. The van der Waals surface area contributed by atoms with Crippen LogP contribution in [0.5, 0.6) is 11.5 Å². The predicted octanol–water partition coefficient (Wildman–Crippen LogP) is 8.29. The second-order valence-electron chi connectivity index (χ2n) is 11.4. The molecule has 1 saturated heterocycles. The number of para-hydroxylation sites is 2. The number of aliphatic imine (C=N–C) groups is 2. The third-order valence-corrected chi connectivity index (χ3v) is 7.03. The zero-order valence-electron chi connectivity index (χ0n) is 25.4. The smallest absolute Gasteiger partial charge is 0.872 e. The van der Waals surface area contributed by atoms with Gasteiger partial charge in [0.05, 0.1) is 12.1 Å². The standard InChI is InChI=1S/C20H22N2O2.C6H13N.C5H5N.F6P.Ru/c23-19-11-5-1-7-15(19)13-21-17-9-3-4-10-18(17)22-14-16-8-2-6-12-20(16)24;1-5(2)6(3,4)7-5;1-2-4-6-5-3-1;1-7(2,3,4,5)6;/h1-2,5-8,11-14,17-18,23-24H,3-4,9-10H2;7H,1-4H3;1-5H;;/q;;;-1;+4/p-2/t17-,18-;;;;/m1..../s1. The van der Waals surface area contributed by atoms with E-state index in [2.05, 4.69) is 48.0 Å². The van der Waals surface area contributed by atoms with Crippen LogP contribution in [0.2, 0.25) is 0 Å². The number of pyridine rings is 1. The molecule has 2 atom stereocenters. The van der Waals surface area contributed by atoms with Gasteiger partial charge in [-0.25, -0.2) is 0 Å². The van der Waals surface area contributed by atoms with Crippen LogP contribution >= 0.6 is 7.81 Å². The summed E-state index contributed by atoms with van der Waals surface area (Å²) in [5.41, 5.74) is 2.01. The molecule has 1 saturated carbocycles. The molecule has 0 bridgehead atoms. The van der Waals surface area contributed by atoms with Gasteiger partial charge >= 0.3 is 52.5 Å². The molecule has 2 heterocycles. The number of benzene rings is 2. The summed E-state index contributed by atoms with van der Waals surface area (Å²) in [6, 6.07) is 19.6. The fourth-order valence-corrected chi connectivity index (χ4v) is 4.03. The van der Waals surface area contributed by atoms with Gasteiger partial charge < -0.3 is 15.5 Å². The van der Waals surface area contributed by atoms with E-state index < -0.39 is 7.81 Å². The van der Waals surface area contributed by atoms with Gasteiger partial charge in [0.2, 0.25) is 0 Å². The van der Waals surface area contributed by atoms with Crippen LogP contribution in [-0.4, -0.2) is 40.6 Å². The van der Waals surface area contributed by atoms with Crippen LogP contribution in [0.3, 0.4) is 0 Å². The van der Waals surface area contributed by atoms with Gasteiger partial charge in [0, 0.05) is 35.9 Å². The first-order valence-corrected chi connectivity index (χ1v) is 16.0. The number of aromatic nitrogens is 1. The summed E-state index contributed by atoms with van der Waals surface area (Å²) < 4.78 is 59.2. The van der Waals surface area contributed by atoms with E-state index >= 15 is 0 Å². The van der Waals surface area contributed by atoms with Gasteiger partial charge in [-0.05, 0) is 63.8 Å². The molecular formula is C31H38F6N4O2PRu+. The normalized spacial score (nSPS) is 21.2. The molecule has 3 aromatic rings. The summed E-state index contributed by atoms with van der Waals surface area (Å²) in [6.45, 7) is 8.86. The quantitative estimate of drug-likeness (QED) is 0.0955. The Balaban J connectivity index is 0.000000390. The Bertz CT molecular complexity index is 1280. The second-order valence-corrected chi connectivity index (χ2v) is 13.3. The summed E-state index contributed by atoms with van der Waals surface area (Å²) >= 11 is 0. The first kappa shape index (κ1) is 40.1. The van der Waals surface area contributed by atoms with Crippen LogP contribution in [0.15, 0.2) is 89.1 Å². The van der Waals surface area contributed by atoms with E-state index in [-0.39, 0.29) is 43.1 Å². The van der Waals surface area contributed by atoms with Crippen LogP contribution < -0.4 is 15.5 Å². The molecule has 1 N–H and O–H groups in total. The molecule has 2 aliphatic rings. The maximum absolute atomic E-state index is 11.8. The Kier molecular flexibility index (Phi) is 13.9. The molecule has 0 radical (unpaired) electrons. The van der Waals surface area contributed by atoms with Crippen LogP contribution in [0.4, 0.5) is 25.2 Å². The summed E-state index contributed by atoms with van der Waals surface area (Å²) in [7, 11) is -10.7. The van der Waals surface area contributed by atoms with Crippen molar-refractivity contribution >= 4 is 20.2 Å². The number of hydrogen-bond acceptors (Lipinski definition) is 6. The van der Waals surface area contributed by atoms with Gasteiger partial charge in [-0.2, -0.15) is 0 Å². The molecule has 0 spiro atoms. The van der Waals surface area contributed by atoms with E-state index in [1.807, 2.05) is 30.3 Å². The van der Waals surface area contributed by atoms with E-state index in [0.29, 0.717) is 22.2 Å². The molecule has 45 heavy (non-hydrogen) atoms. The molecule has 6 nitrogen and oxygen atoms in total. The Morgan fingerprint density at radius 3 is 1.27 bits per heavy atom. The van der Waals surface area contributed by atoms with Gasteiger partial charge in [-0.3, -0.25) is 15.0 Å². The second kappa shape index (κ2) is 15.6. The Morgan fingerprint density at radius 1 is 0.689 bits per heavy atom. The fourth-order valence-electron chi connectivity index (χ4n) is 4.03. The average molecular weight is 745 g/mol. The van der Waals surface area contributed by atoms with Crippen molar-refractivity contribution in [3.8, 4) is 11.5 Å². The van der Waals surface area contributed by atoms with Crippen LogP contribution in [0.25, 0.3) is 0 Å². The van der Waals surface area contributed by atoms with Crippen LogP contribution in [0.1, 0.15) is 64.5 Å². The number of rotatable bonds is 4. The summed E-state index contributed by atoms with van der Waals surface area (Å²) in [4.78, 5) is 13.0. The third-order valence-electron chi connectivity index (χ3n) is 7.03. The zero-order chi connectivity index (χ0) is 33.1. The molecule has 1 aliphatic carbocycles. The largest absolute Gasteiger partial charge is 4.00 e. The summed E-state index contributed by atoms with van der Waals surface area (Å²) in [6.07, 6.45) is 11.0. The van der Waals surface area contributed by atoms with Crippen molar-refractivity contribution in [2.45, 2.75) is 76.5 Å². The van der Waals surface area contributed by atoms with E-state index in [1.54, 1.807) is 61.2 Å². The SMILES string of the molecule is CC1(C)NC1(C)C.F[P-](F)(F)(F)(F)F.[O-]c1ccccc1C=N[C@@H]1CCCC[C@H]1N=Cc1ccccc1[O-].[Ru+4].c1ccncc1. The number of halogens is 6. The van der Waals surface area contributed by atoms with Crippen molar-refractivity contribution in [1.82, 2.24) is 10.3 Å². The van der Waals surface area contributed by atoms with Crippen molar-refractivity contribution in [1.29, 1.82) is 0 Å². The minimum absolute atomic E-state index is 0. The molecule has 0 amide bonds. The van der Waals surface area contributed by atoms with Crippen molar-refractivity contribution in [2.75, 3.05) is 0 Å². The number of nitrogens with one attached hydrogen (secondary N) is 1. The first-order valence-electron chi connectivity index (χ1n) is 13.9. The first-order chi connectivity index (χ1) is 20.1. The van der Waals surface area contributed by atoms with Crippen molar-refractivity contribution in [3.05, 3.63) is 90.3 Å². The minimum Gasteiger partial charge on any atom is -0.872 e. The molecule has 1 aromatic heterocycles. The predicted molar refractivity (Wildman–Crippen MR) is 162 cm³/mol. The Morgan fingerprint density at radius 2 is 1.02 bits per heavy atom. The van der Waals surface area contributed by atoms with E-state index in [0.717, 1.165) is 25.7 Å². The van der Waals surface area contributed by atoms with Gasteiger partial charge in [-0.15, -0.1) is 11.5 Å². The Labute approximate surface area is 273 Å². The molecule has 2 aromatic carbocycles. The topological polar surface area (TPSA) is 106 Å². The molecule has 0 unspecified atom stereocenters. The van der Waals surface area contributed by atoms with E-state index in [4.69, 9.17) is 0 Å². The monoisotopic (exact) mass is 745 g/mol. The summed E-state index contributed by atoms with van der Waals surface area (Å²) in [5.74, 6) is -0.0326. The van der Waals surface area contributed by atoms with E-state index in [1.165, 1.54) is 0 Å². The molecule has 2 fully saturated rings. The van der Waals surface area contributed by atoms with Gasteiger partial charge in [0.15, 0.2) is 0 Å². The van der Waals surface area contributed by atoms with Gasteiger partial charge in [0.1, 0.15) is 0 Å². The van der Waals surface area contributed by atoms with Crippen molar-refractivity contribution < 1.29 is 54.9 Å². The van der Waals surface area contributed by atoms with E-state index in [9.17, 15) is 35.4 Å². The molecule has 14 heteroatoms. The summed E-state index contributed by atoms with van der Waals surface area (Å²) in [5, 5.41) is 26.9. The van der Waals surface area contributed by atoms with Crippen LogP contribution in [-0.2, 0) is 19.5 Å². The molecular weight excluding hydrogens is 706 g/mol. The zero-order valence-corrected chi connectivity index (χ0v) is 28.0. The van der Waals surface area contributed by atoms with Crippen molar-refractivity contribution in [2.24, 2.45) is 9.98 Å². The average Bonchev–Trinajstić information content (AvgIpc) is 3.41. The third kappa shape index (κ3) is 18.0.